The van der Waals surface area contributed by atoms with E-state index in [-0.39, 0.29) is 15.7 Å². The zero-order chi connectivity index (χ0) is 20.0. The molecule has 2 rings (SSSR count). The van der Waals surface area contributed by atoms with Gasteiger partial charge in [-0.1, -0.05) is 6.07 Å². The van der Waals surface area contributed by atoms with Gasteiger partial charge in [-0.25, -0.2) is 9.59 Å². The van der Waals surface area contributed by atoms with Crippen LogP contribution in [0.1, 0.15) is 6.92 Å². The fourth-order valence-electron chi connectivity index (χ4n) is 2.15. The zero-order valence-corrected chi connectivity index (χ0v) is 14.9. The standard InChI is InChI=1S/C17H15N3O6S/c1-2-20-15(23)13(27-16(20)12(7-18)17(24)25)8-19-10-4-3-5-11(6-10)26-9-14(21)22/h3-6,8,19H,2,9H2,1H3,(H,21,22)(H,24,25). The van der Waals surface area contributed by atoms with Gasteiger partial charge in [0.25, 0.3) is 5.56 Å². The molecule has 0 unspecified atom stereocenters. The fourth-order valence-corrected chi connectivity index (χ4v) is 3.23. The van der Waals surface area contributed by atoms with E-state index in [1.165, 1.54) is 10.8 Å². The second-order valence-electron chi connectivity index (χ2n) is 5.11. The summed E-state index contributed by atoms with van der Waals surface area (Å²) in [6.45, 7) is 1.41. The molecule has 1 heterocycles. The molecule has 27 heavy (non-hydrogen) atoms. The second kappa shape index (κ2) is 8.68. The Morgan fingerprint density at radius 1 is 1.41 bits per heavy atom. The monoisotopic (exact) mass is 389 g/mol. The molecule has 1 aromatic heterocycles. The summed E-state index contributed by atoms with van der Waals surface area (Å²) in [6.07, 6.45) is 1.40. The van der Waals surface area contributed by atoms with Crippen molar-refractivity contribution >= 4 is 40.7 Å². The third-order valence-corrected chi connectivity index (χ3v) is 4.46. The maximum absolute atomic E-state index is 12.4. The van der Waals surface area contributed by atoms with Crippen LogP contribution >= 0.6 is 11.3 Å². The molecule has 3 N–H and O–H groups in total. The lowest BCUT2D eigenvalue weighted by Gasteiger charge is -2.05. The van der Waals surface area contributed by atoms with E-state index in [0.717, 1.165) is 11.3 Å². The molecular formula is C17H15N3O6S. The first kappa shape index (κ1) is 19.7. The van der Waals surface area contributed by atoms with Crippen molar-refractivity contribution in [1.29, 1.82) is 5.26 Å². The van der Waals surface area contributed by atoms with E-state index < -0.39 is 29.7 Å². The molecule has 2 aromatic rings. The average molecular weight is 389 g/mol. The molecule has 0 bridgehead atoms. The molecule has 0 aliphatic heterocycles. The predicted molar refractivity (Wildman–Crippen MR) is 97.8 cm³/mol. The molecule has 10 heteroatoms. The third kappa shape index (κ3) is 4.74. The highest BCUT2D eigenvalue weighted by molar-refractivity contribution is 7.07. The van der Waals surface area contributed by atoms with Crippen LogP contribution in [0.15, 0.2) is 29.1 Å². The minimum Gasteiger partial charge on any atom is -0.482 e. The number of hydrogen-bond donors (Lipinski definition) is 3. The quantitative estimate of drug-likeness (QED) is 0.601. The Labute approximate surface area is 156 Å². The number of rotatable bonds is 7. The number of carboxylic acids is 2. The maximum atomic E-state index is 12.4. The highest BCUT2D eigenvalue weighted by atomic mass is 32.1. The number of nitriles is 1. The highest BCUT2D eigenvalue weighted by Crippen LogP contribution is 2.17. The van der Waals surface area contributed by atoms with Crippen LogP contribution in [0.25, 0.3) is 11.8 Å². The molecule has 0 saturated heterocycles. The van der Waals surface area contributed by atoms with Gasteiger partial charge in [-0.2, -0.15) is 5.26 Å². The van der Waals surface area contributed by atoms with Gasteiger partial charge in [-0.05, 0) is 19.1 Å². The number of aromatic nitrogens is 1. The van der Waals surface area contributed by atoms with Crippen molar-refractivity contribution in [3.63, 3.8) is 0 Å². The molecule has 0 amide bonds. The van der Waals surface area contributed by atoms with Crippen molar-refractivity contribution in [2.75, 3.05) is 11.9 Å². The van der Waals surface area contributed by atoms with Crippen LogP contribution in [0.5, 0.6) is 5.75 Å². The topological polar surface area (TPSA) is 142 Å². The van der Waals surface area contributed by atoms with Crippen LogP contribution in [0.2, 0.25) is 0 Å². The average Bonchev–Trinajstić information content (AvgIpc) is 2.94. The van der Waals surface area contributed by atoms with E-state index in [2.05, 4.69) is 5.32 Å². The highest BCUT2D eigenvalue weighted by Gasteiger charge is 2.13. The first-order valence-corrected chi connectivity index (χ1v) is 8.47. The van der Waals surface area contributed by atoms with Crippen molar-refractivity contribution in [2.24, 2.45) is 0 Å². The van der Waals surface area contributed by atoms with E-state index in [9.17, 15) is 14.4 Å². The summed E-state index contributed by atoms with van der Waals surface area (Å²) in [5, 5.41) is 29.7. The van der Waals surface area contributed by atoms with Gasteiger partial charge >= 0.3 is 11.9 Å². The van der Waals surface area contributed by atoms with E-state index in [1.54, 1.807) is 37.3 Å². The SMILES string of the molecule is CCn1c(=C(C#N)C(=O)O)sc(=CNc2cccc(OCC(=O)O)c2)c1=O. The Morgan fingerprint density at radius 2 is 2.15 bits per heavy atom. The third-order valence-electron chi connectivity index (χ3n) is 3.33. The minimum absolute atomic E-state index is 0.0732. The summed E-state index contributed by atoms with van der Waals surface area (Å²) in [7, 11) is 0. The Morgan fingerprint density at radius 3 is 2.74 bits per heavy atom. The summed E-state index contributed by atoms with van der Waals surface area (Å²) < 4.78 is 6.59. The van der Waals surface area contributed by atoms with Gasteiger partial charge in [0.15, 0.2) is 12.2 Å². The summed E-state index contributed by atoms with van der Waals surface area (Å²) >= 11 is 0.892. The molecule has 0 saturated carbocycles. The number of carboxylic acid groups (broad SMARTS) is 2. The Bertz CT molecular complexity index is 1090. The molecule has 9 nitrogen and oxygen atoms in total. The van der Waals surface area contributed by atoms with E-state index in [1.807, 2.05) is 0 Å². The van der Waals surface area contributed by atoms with Gasteiger partial charge in [0, 0.05) is 24.5 Å². The van der Waals surface area contributed by atoms with E-state index >= 15 is 0 Å². The number of hydrogen-bond acceptors (Lipinski definition) is 7. The molecule has 140 valence electrons. The number of carbonyl (C=O) groups is 2. The molecule has 0 radical (unpaired) electrons. The van der Waals surface area contributed by atoms with Crippen molar-refractivity contribution in [1.82, 2.24) is 4.57 Å². The van der Waals surface area contributed by atoms with Gasteiger partial charge in [-0.15, -0.1) is 11.3 Å². The molecule has 0 atom stereocenters. The largest absolute Gasteiger partial charge is 0.482 e. The van der Waals surface area contributed by atoms with E-state index in [0.29, 0.717) is 11.4 Å². The van der Waals surface area contributed by atoms with E-state index in [4.69, 9.17) is 20.2 Å². The normalized spacial score (nSPS) is 12.2. The van der Waals surface area contributed by atoms with Gasteiger partial charge < -0.3 is 20.3 Å². The second-order valence-corrected chi connectivity index (χ2v) is 6.14. The molecule has 0 fully saturated rings. The molecule has 0 spiro atoms. The summed E-state index contributed by atoms with van der Waals surface area (Å²) in [5.74, 6) is -2.17. The smallest absolute Gasteiger partial charge is 0.349 e. The number of anilines is 1. The Kier molecular flexibility index (Phi) is 6.35. The molecule has 0 aliphatic rings. The summed E-state index contributed by atoms with van der Waals surface area (Å²) in [4.78, 5) is 34.2. The molecule has 0 aliphatic carbocycles. The zero-order valence-electron chi connectivity index (χ0n) is 14.1. The molecular weight excluding hydrogens is 374 g/mol. The van der Waals surface area contributed by atoms with Gasteiger partial charge in [0.2, 0.25) is 0 Å². The van der Waals surface area contributed by atoms with Crippen molar-refractivity contribution in [3.05, 3.63) is 43.8 Å². The van der Waals surface area contributed by atoms with Crippen molar-refractivity contribution in [2.45, 2.75) is 13.5 Å². The summed E-state index contributed by atoms with van der Waals surface area (Å²) in [5.41, 5.74) is -0.377. The summed E-state index contributed by atoms with van der Waals surface area (Å²) in [6, 6.07) is 8.07. The predicted octanol–water partition coefficient (Wildman–Crippen LogP) is 0.00208. The van der Waals surface area contributed by atoms with Crippen molar-refractivity contribution < 1.29 is 24.5 Å². The van der Waals surface area contributed by atoms with Gasteiger partial charge in [-0.3, -0.25) is 9.36 Å². The first-order valence-electron chi connectivity index (χ1n) is 7.66. The van der Waals surface area contributed by atoms with Crippen LogP contribution in [-0.4, -0.2) is 33.3 Å². The van der Waals surface area contributed by atoms with Crippen LogP contribution in [-0.2, 0) is 16.1 Å². The van der Waals surface area contributed by atoms with Crippen LogP contribution in [0.3, 0.4) is 0 Å². The number of ether oxygens (including phenoxy) is 1. The van der Waals surface area contributed by atoms with Gasteiger partial charge in [0.1, 0.15) is 21.0 Å². The maximum Gasteiger partial charge on any atom is 0.349 e. The number of nitrogens with one attached hydrogen (secondary N) is 1. The molecule has 1 aromatic carbocycles. The lowest BCUT2D eigenvalue weighted by molar-refractivity contribution is -0.139. The number of aliphatic carboxylic acids is 2. The number of nitrogens with zero attached hydrogens (tertiary/aromatic N) is 2. The lowest BCUT2D eigenvalue weighted by Crippen LogP contribution is -2.32. The Balaban J connectivity index is 2.42. The number of thiazole rings is 1. The van der Waals surface area contributed by atoms with Gasteiger partial charge in [0.05, 0.1) is 0 Å². The Hall–Kier alpha value is -3.58. The van der Waals surface area contributed by atoms with Crippen LogP contribution < -0.4 is 24.8 Å². The minimum atomic E-state index is -1.40. The lowest BCUT2D eigenvalue weighted by atomic mass is 10.3. The first-order chi connectivity index (χ1) is 12.9. The van der Waals surface area contributed by atoms with Crippen LogP contribution in [0, 0.1) is 11.3 Å². The fraction of sp³-hybridized carbons (Fsp3) is 0.176. The van der Waals surface area contributed by atoms with Crippen molar-refractivity contribution in [3.8, 4) is 11.8 Å². The van der Waals surface area contributed by atoms with Crippen LogP contribution in [0.4, 0.5) is 5.69 Å². The number of benzene rings is 1.